The summed E-state index contributed by atoms with van der Waals surface area (Å²) in [5, 5.41) is 13.1. The van der Waals surface area contributed by atoms with Crippen molar-refractivity contribution in [3.63, 3.8) is 0 Å². The molecular weight excluding hydrogens is 1580 g/mol. The number of aliphatic hydroxyl groups is 1. The van der Waals surface area contributed by atoms with Gasteiger partial charge in [0.2, 0.25) is 0 Å². The quantitative estimate of drug-likeness (QED) is 0.0356. The molecule has 12 rings (SSSR count). The van der Waals surface area contributed by atoms with Gasteiger partial charge in [0.15, 0.2) is 22.0 Å². The van der Waals surface area contributed by atoms with Crippen LogP contribution in [0.25, 0.3) is 68.9 Å². The zero-order chi connectivity index (χ0) is 87.2. The lowest BCUT2D eigenvalue weighted by atomic mass is 9.89. The predicted octanol–water partition coefficient (Wildman–Crippen LogP) is 29.4. The van der Waals surface area contributed by atoms with E-state index in [1.54, 1.807) is 60.0 Å². The fourth-order valence-corrected chi connectivity index (χ4v) is 19.8. The highest BCUT2D eigenvalue weighted by atomic mass is 32.2. The van der Waals surface area contributed by atoms with Crippen molar-refractivity contribution in [2.45, 2.75) is 284 Å². The lowest BCUT2D eigenvalue weighted by Gasteiger charge is -2.24. The van der Waals surface area contributed by atoms with E-state index in [2.05, 4.69) is 188 Å². The van der Waals surface area contributed by atoms with Gasteiger partial charge < -0.3 is 14.6 Å². The summed E-state index contributed by atoms with van der Waals surface area (Å²) in [7, 11) is 3.31. The summed E-state index contributed by atoms with van der Waals surface area (Å²) in [5.41, 5.74) is 27.7. The standard InChI is InChI=1S/C34H45NO2S.C30H37NOS.C25H29NO2S.C17H17NOS.2CH4/c1-23(2)13-10-14-24(3)15-11-16-25(4)17-12-21-34(7,37)22-20-28-32(36)27(6)26(5)31-33(28)38-30-19-9-8-18-29(30)35-31;1-20(2)12-9-13-21(3)14-10-15-22(4)16-11-17-25-29(32)24(6)23(5)28-30(25)33-27-19-8-7-18-26(27)31-28;1-16(2)10-8-11-17(3)12-9-13-19-23(27)18(4)24(28-5)22-25(19)29-21-15-7-6-14-20(21)26-22;1-9-6-7-13-14(8-9)20-17-12(4)10(2)11(3)16(19-5)15(17)18-13;;/h8-9,13,15,17-19,37H,10-12,14,16,20-22H2,1-7H3;7-8,12,14,16,18-19H,9-11,13,15,17H2,1-6H3;6-7,10,12,14-15H,8-9,11,13H2,1-5H3;6-8H,2H2,1,3-5H3;2*1H4/b24-15+,25-17+;21-14+,22-16+;17-12+;;;/t34-;;;;;/m1...../s1. The number of aromatic nitrogens is 3. The van der Waals surface area contributed by atoms with Gasteiger partial charge in [-0.05, 0) is 330 Å². The Bertz CT molecular complexity index is 5980. The third kappa shape index (κ3) is 26.6. The molecule has 0 saturated carbocycles. The summed E-state index contributed by atoms with van der Waals surface area (Å²) in [5.74, 6) is 1.44. The smallest absolute Gasteiger partial charge is 0.189 e. The molecule has 0 radical (unpaired) electrons. The molecule has 10 nitrogen and oxygen atoms in total. The van der Waals surface area contributed by atoms with Crippen LogP contribution in [-0.4, -0.2) is 39.9 Å². The fourth-order valence-electron chi connectivity index (χ4n) is 15.0. The van der Waals surface area contributed by atoms with Crippen LogP contribution in [0.1, 0.15) is 255 Å². The Labute approximate surface area is 746 Å². The summed E-state index contributed by atoms with van der Waals surface area (Å²) in [6, 6.07) is 30.7. The van der Waals surface area contributed by atoms with Crippen molar-refractivity contribution in [1.29, 1.82) is 0 Å². The average molecular weight is 1710 g/mol. The van der Waals surface area contributed by atoms with Crippen molar-refractivity contribution in [2.24, 2.45) is 4.99 Å². The first kappa shape index (κ1) is 99.8. The number of fused-ring (bicyclic) bond motifs is 8. The van der Waals surface area contributed by atoms with E-state index in [9.17, 15) is 19.5 Å². The Hall–Kier alpha value is -9.28. The van der Waals surface area contributed by atoms with Crippen molar-refractivity contribution in [3.05, 3.63) is 287 Å². The van der Waals surface area contributed by atoms with E-state index >= 15 is 0 Å². The van der Waals surface area contributed by atoms with Crippen molar-refractivity contribution in [2.75, 3.05) is 14.2 Å². The number of hydrogen-bond donors (Lipinski definition) is 1. The number of ether oxygens (including phenoxy) is 2. The SMILES string of the molecule is C.C.C=c1c(C)c(OC)c2c(c1C)Sc1cc(C)ccc1N=2.CC(C)=CCC/C(C)=C/CC/C(C)=C/CC[C@@](C)(O)CCc1c2sc3ccccc3nc-2c(C)c(C)c1=O.CC(C)=CCC/C(C)=C/CC/C(C)=C/CCc1c2sc3ccccc3nc-2c(C)c(C)c1=O.COc1c2nc3ccccc3sc-2c(CC/C=C(\C)CCC=C(C)C)c(=O)c1C. The highest BCUT2D eigenvalue weighted by Crippen LogP contribution is 2.43. The second-order valence-corrected chi connectivity index (χ2v) is 37.9. The maximum Gasteiger partial charge on any atom is 0.189 e. The van der Waals surface area contributed by atoms with E-state index in [4.69, 9.17) is 29.4 Å². The highest BCUT2D eigenvalue weighted by molar-refractivity contribution is 7.99. The highest BCUT2D eigenvalue weighted by Gasteiger charge is 2.28. The minimum absolute atomic E-state index is 0. The Morgan fingerprint density at radius 2 is 0.779 bits per heavy atom. The minimum Gasteiger partial charge on any atom is -0.494 e. The number of hydrogen-bond acceptors (Lipinski definition) is 14. The molecule has 7 aliphatic rings. The molecule has 0 amide bonds. The maximum atomic E-state index is 13.3. The van der Waals surface area contributed by atoms with E-state index in [1.165, 1.54) is 60.6 Å². The molecule has 0 fully saturated rings. The van der Waals surface area contributed by atoms with Crippen LogP contribution in [0.4, 0.5) is 5.69 Å². The minimum atomic E-state index is -0.829. The van der Waals surface area contributed by atoms with Crippen LogP contribution in [0.2, 0.25) is 0 Å². The molecule has 0 aromatic heterocycles. The zero-order valence-electron chi connectivity index (χ0n) is 75.6. The van der Waals surface area contributed by atoms with E-state index in [1.807, 2.05) is 97.0 Å². The normalized spacial score (nSPS) is 12.7. The van der Waals surface area contributed by atoms with E-state index in [0.29, 0.717) is 30.6 Å². The Kier molecular flexibility index (Phi) is 38.4. The number of benzene rings is 8. The fraction of sp³-hybridized carbons (Fsp3) is 0.398. The number of para-hydroxylation sites is 3. The van der Waals surface area contributed by atoms with Gasteiger partial charge in [-0.15, -0.1) is 34.0 Å². The molecule has 0 saturated heterocycles. The lowest BCUT2D eigenvalue weighted by Crippen LogP contribution is -2.26. The molecule has 5 aromatic rings. The van der Waals surface area contributed by atoms with Crippen LogP contribution in [0.3, 0.4) is 0 Å². The molecule has 4 aliphatic heterocycles. The first-order valence-corrected chi connectivity index (χ1v) is 45.9. The van der Waals surface area contributed by atoms with E-state index in [-0.39, 0.29) is 31.1 Å². The molecule has 14 heteroatoms. The molecule has 1 N–H and O–H groups in total. The molecule has 5 aromatic carbocycles. The summed E-state index contributed by atoms with van der Waals surface area (Å²) in [6.07, 6.45) is 35.3. The molecule has 0 bridgehead atoms. The van der Waals surface area contributed by atoms with Crippen molar-refractivity contribution in [3.8, 4) is 43.2 Å². The monoisotopic (exact) mass is 1710 g/mol. The number of aryl methyl sites for hydroxylation is 1. The second-order valence-electron chi connectivity index (χ2n) is 33.7. The summed E-state index contributed by atoms with van der Waals surface area (Å²) < 4.78 is 14.4. The summed E-state index contributed by atoms with van der Waals surface area (Å²) in [4.78, 5) is 64.3. The Morgan fingerprint density at radius 1 is 0.418 bits per heavy atom. The van der Waals surface area contributed by atoms with Crippen LogP contribution in [0.5, 0.6) is 11.5 Å². The van der Waals surface area contributed by atoms with Crippen molar-refractivity contribution in [1.82, 2.24) is 15.0 Å². The van der Waals surface area contributed by atoms with E-state index < -0.39 is 5.60 Å². The number of nitrogens with zero attached hydrogens (tertiary/aromatic N) is 4. The van der Waals surface area contributed by atoms with Gasteiger partial charge in [-0.2, -0.15) is 0 Å². The van der Waals surface area contributed by atoms with Gasteiger partial charge in [0, 0.05) is 48.7 Å². The molecule has 0 spiro atoms. The van der Waals surface area contributed by atoms with Crippen LogP contribution < -0.4 is 36.3 Å². The van der Waals surface area contributed by atoms with Gasteiger partial charge in [-0.25, -0.2) is 19.9 Å². The molecular formula is C108H136N4O6S4. The number of allylic oxidation sites excluding steroid dienone is 16. The number of methoxy groups -OCH3 is 2. The largest absolute Gasteiger partial charge is 0.494 e. The summed E-state index contributed by atoms with van der Waals surface area (Å²) in [6.45, 7) is 45.9. The van der Waals surface area contributed by atoms with Gasteiger partial charge in [0.05, 0.1) is 82.2 Å². The van der Waals surface area contributed by atoms with Gasteiger partial charge in [0.1, 0.15) is 16.8 Å². The lowest BCUT2D eigenvalue weighted by molar-refractivity contribution is 0.0432. The van der Waals surface area contributed by atoms with Gasteiger partial charge in [-0.1, -0.05) is 169 Å². The number of rotatable bonds is 29. The molecule has 4 heterocycles. The predicted molar refractivity (Wildman–Crippen MR) is 533 cm³/mol. The van der Waals surface area contributed by atoms with Crippen LogP contribution in [0.15, 0.2) is 213 Å². The third-order valence-electron chi connectivity index (χ3n) is 22.8. The zero-order valence-corrected chi connectivity index (χ0v) is 78.9. The van der Waals surface area contributed by atoms with Gasteiger partial charge >= 0.3 is 0 Å². The molecule has 648 valence electrons. The third-order valence-corrected chi connectivity index (χ3v) is 27.7. The first-order valence-electron chi connectivity index (χ1n) is 42.7. The molecule has 3 aliphatic carbocycles. The maximum absolute atomic E-state index is 13.3. The second kappa shape index (κ2) is 47.0. The van der Waals surface area contributed by atoms with Crippen LogP contribution >= 0.6 is 45.8 Å². The van der Waals surface area contributed by atoms with Crippen LogP contribution in [0, 0.1) is 55.4 Å². The van der Waals surface area contributed by atoms with E-state index in [0.717, 1.165) is 230 Å². The molecule has 1 atom stereocenters. The van der Waals surface area contributed by atoms with Gasteiger partial charge in [0.25, 0.3) is 0 Å². The van der Waals surface area contributed by atoms with Crippen LogP contribution in [-0.2, 0) is 19.3 Å². The first-order chi connectivity index (χ1) is 57.2. The van der Waals surface area contributed by atoms with Crippen molar-refractivity contribution >= 4 is 88.7 Å². The van der Waals surface area contributed by atoms with Gasteiger partial charge in [-0.3, -0.25) is 14.4 Å². The molecule has 0 unspecified atom stereocenters. The average Bonchev–Trinajstić information content (AvgIpc) is 0.770. The topological polar surface area (TPSA) is 141 Å². The van der Waals surface area contributed by atoms with Crippen molar-refractivity contribution < 1.29 is 14.6 Å². The Balaban J connectivity index is 0.000000227. The molecule has 122 heavy (non-hydrogen) atoms. The Morgan fingerprint density at radius 3 is 1.19 bits per heavy atom. The summed E-state index contributed by atoms with van der Waals surface area (Å²) >= 11 is 6.74.